The van der Waals surface area contributed by atoms with E-state index >= 15 is 0 Å². The van der Waals surface area contributed by atoms with Crippen LogP contribution in [0.3, 0.4) is 0 Å². The molecule has 138 valence electrons. The largest absolute Gasteiger partial charge is 0.454 e. The van der Waals surface area contributed by atoms with E-state index in [-0.39, 0.29) is 12.7 Å². The molecule has 10 heteroatoms. The van der Waals surface area contributed by atoms with Crippen molar-refractivity contribution in [1.82, 2.24) is 9.29 Å². The Balaban J connectivity index is 1.49. The minimum absolute atomic E-state index is 0.204. The van der Waals surface area contributed by atoms with Crippen molar-refractivity contribution in [3.05, 3.63) is 23.6 Å². The number of amides is 1. The summed E-state index contributed by atoms with van der Waals surface area (Å²) in [4.78, 5) is 16.9. The maximum Gasteiger partial charge on any atom is 0.244 e. The fourth-order valence-corrected chi connectivity index (χ4v) is 4.95. The molecule has 0 bridgehead atoms. The Labute approximate surface area is 154 Å². The molecule has 1 amide bonds. The number of carbonyl (C=O) groups is 1. The molecule has 1 atom stereocenters. The monoisotopic (exact) mass is 395 g/mol. The highest BCUT2D eigenvalue weighted by molar-refractivity contribution is 7.88. The van der Waals surface area contributed by atoms with Crippen molar-refractivity contribution in [3.63, 3.8) is 0 Å². The van der Waals surface area contributed by atoms with E-state index in [0.29, 0.717) is 41.7 Å². The van der Waals surface area contributed by atoms with E-state index in [0.717, 1.165) is 11.8 Å². The van der Waals surface area contributed by atoms with Crippen LogP contribution in [0.25, 0.3) is 11.3 Å². The van der Waals surface area contributed by atoms with Gasteiger partial charge in [0.2, 0.25) is 22.7 Å². The summed E-state index contributed by atoms with van der Waals surface area (Å²) in [6.45, 7) is 0.576. The normalized spacial score (nSPS) is 19.7. The Kier molecular flexibility index (Phi) is 4.33. The van der Waals surface area contributed by atoms with Gasteiger partial charge in [-0.25, -0.2) is 13.4 Å². The zero-order valence-corrected chi connectivity index (χ0v) is 15.6. The van der Waals surface area contributed by atoms with Crippen LogP contribution in [0.15, 0.2) is 23.6 Å². The van der Waals surface area contributed by atoms with Crippen LogP contribution in [0.4, 0.5) is 5.13 Å². The SMILES string of the molecule is CS(=O)(=O)N1CCC[C@@H]1C(=O)Nc1nc(-c2ccc3c(c2)OCO3)cs1. The smallest absolute Gasteiger partial charge is 0.244 e. The molecule has 4 rings (SSSR count). The number of carbonyl (C=O) groups excluding carboxylic acids is 1. The number of ether oxygens (including phenoxy) is 2. The van der Waals surface area contributed by atoms with Crippen LogP contribution in [0.5, 0.6) is 11.5 Å². The van der Waals surface area contributed by atoms with Crippen LogP contribution in [0.2, 0.25) is 0 Å². The molecule has 1 aromatic carbocycles. The zero-order chi connectivity index (χ0) is 18.3. The number of nitrogens with one attached hydrogen (secondary N) is 1. The Morgan fingerprint density at radius 2 is 2.15 bits per heavy atom. The number of nitrogens with zero attached hydrogens (tertiary/aromatic N) is 2. The van der Waals surface area contributed by atoms with Crippen LogP contribution in [0, 0.1) is 0 Å². The zero-order valence-electron chi connectivity index (χ0n) is 14.0. The lowest BCUT2D eigenvalue weighted by Crippen LogP contribution is -2.42. The van der Waals surface area contributed by atoms with Crippen LogP contribution >= 0.6 is 11.3 Å². The minimum Gasteiger partial charge on any atom is -0.454 e. The van der Waals surface area contributed by atoms with Crippen molar-refractivity contribution in [2.24, 2.45) is 0 Å². The Morgan fingerprint density at radius 1 is 1.35 bits per heavy atom. The number of anilines is 1. The summed E-state index contributed by atoms with van der Waals surface area (Å²) >= 11 is 1.29. The maximum atomic E-state index is 12.5. The standard InChI is InChI=1S/C16H17N3O5S2/c1-26(21,22)19-6-2-3-12(19)15(20)18-16-17-11(8-25-16)10-4-5-13-14(7-10)24-9-23-13/h4-5,7-8,12H,2-3,6,9H2,1H3,(H,17,18,20)/t12-/m1/s1. The third-order valence-electron chi connectivity index (χ3n) is 4.33. The van der Waals surface area contributed by atoms with Crippen molar-refractivity contribution in [2.75, 3.05) is 24.9 Å². The van der Waals surface area contributed by atoms with Gasteiger partial charge in [0.15, 0.2) is 16.6 Å². The summed E-state index contributed by atoms with van der Waals surface area (Å²) in [6.07, 6.45) is 2.31. The summed E-state index contributed by atoms with van der Waals surface area (Å²) < 4.78 is 35.5. The first-order valence-corrected chi connectivity index (χ1v) is 10.8. The van der Waals surface area contributed by atoms with E-state index < -0.39 is 16.1 Å². The molecule has 1 aromatic heterocycles. The number of hydrogen-bond donors (Lipinski definition) is 1. The molecule has 2 aliphatic rings. The molecule has 0 spiro atoms. The summed E-state index contributed by atoms with van der Waals surface area (Å²) in [6, 6.07) is 4.85. The molecule has 0 unspecified atom stereocenters. The third-order valence-corrected chi connectivity index (χ3v) is 6.38. The van der Waals surface area contributed by atoms with Gasteiger partial charge in [0.25, 0.3) is 0 Å². The highest BCUT2D eigenvalue weighted by Crippen LogP contribution is 2.36. The Morgan fingerprint density at radius 3 is 2.96 bits per heavy atom. The molecule has 1 fully saturated rings. The van der Waals surface area contributed by atoms with Crippen molar-refractivity contribution in [3.8, 4) is 22.8 Å². The van der Waals surface area contributed by atoms with Crippen molar-refractivity contribution >= 4 is 32.4 Å². The number of aromatic nitrogens is 1. The van der Waals surface area contributed by atoms with Gasteiger partial charge in [0.05, 0.1) is 11.9 Å². The van der Waals surface area contributed by atoms with Gasteiger partial charge in [0, 0.05) is 17.5 Å². The van der Waals surface area contributed by atoms with E-state index in [9.17, 15) is 13.2 Å². The Bertz CT molecular complexity index is 957. The average Bonchev–Trinajstić information content (AvgIpc) is 3.33. The molecule has 2 aromatic rings. The second-order valence-electron chi connectivity index (χ2n) is 6.13. The second kappa shape index (κ2) is 6.53. The number of rotatable bonds is 4. The first-order valence-electron chi connectivity index (χ1n) is 8.05. The van der Waals surface area contributed by atoms with E-state index in [1.807, 2.05) is 23.6 Å². The van der Waals surface area contributed by atoms with Crippen LogP contribution in [0.1, 0.15) is 12.8 Å². The predicted molar refractivity (Wildman–Crippen MR) is 96.9 cm³/mol. The molecule has 8 nitrogen and oxygen atoms in total. The fraction of sp³-hybridized carbons (Fsp3) is 0.375. The second-order valence-corrected chi connectivity index (χ2v) is 8.92. The molecule has 0 saturated carbocycles. The van der Waals surface area contributed by atoms with E-state index in [1.165, 1.54) is 15.6 Å². The van der Waals surface area contributed by atoms with E-state index in [4.69, 9.17) is 9.47 Å². The molecular formula is C16H17N3O5S2. The molecule has 3 heterocycles. The van der Waals surface area contributed by atoms with Gasteiger partial charge in [-0.3, -0.25) is 4.79 Å². The molecule has 1 N–H and O–H groups in total. The summed E-state index contributed by atoms with van der Waals surface area (Å²) in [7, 11) is -3.40. The van der Waals surface area contributed by atoms with Gasteiger partial charge in [-0.15, -0.1) is 11.3 Å². The van der Waals surface area contributed by atoms with Gasteiger partial charge in [-0.05, 0) is 31.0 Å². The first kappa shape index (κ1) is 17.3. The molecule has 26 heavy (non-hydrogen) atoms. The minimum atomic E-state index is -3.40. The van der Waals surface area contributed by atoms with Crippen molar-refractivity contribution in [2.45, 2.75) is 18.9 Å². The topological polar surface area (TPSA) is 97.8 Å². The fourth-order valence-electron chi connectivity index (χ4n) is 3.11. The lowest BCUT2D eigenvalue weighted by atomic mass is 10.1. The molecular weight excluding hydrogens is 378 g/mol. The molecule has 0 aliphatic carbocycles. The van der Waals surface area contributed by atoms with Crippen LogP contribution in [-0.4, -0.2) is 49.2 Å². The van der Waals surface area contributed by atoms with Gasteiger partial charge < -0.3 is 14.8 Å². The van der Waals surface area contributed by atoms with Gasteiger partial charge in [-0.1, -0.05) is 0 Å². The molecule has 2 aliphatic heterocycles. The van der Waals surface area contributed by atoms with Gasteiger partial charge in [-0.2, -0.15) is 4.31 Å². The number of hydrogen-bond acceptors (Lipinski definition) is 7. The van der Waals surface area contributed by atoms with Crippen LogP contribution < -0.4 is 14.8 Å². The van der Waals surface area contributed by atoms with Crippen LogP contribution in [-0.2, 0) is 14.8 Å². The lowest BCUT2D eigenvalue weighted by Gasteiger charge is -2.20. The van der Waals surface area contributed by atoms with E-state index in [1.54, 1.807) is 0 Å². The maximum absolute atomic E-state index is 12.5. The highest BCUT2D eigenvalue weighted by Gasteiger charge is 2.36. The average molecular weight is 395 g/mol. The van der Waals surface area contributed by atoms with E-state index in [2.05, 4.69) is 10.3 Å². The lowest BCUT2D eigenvalue weighted by molar-refractivity contribution is -0.119. The predicted octanol–water partition coefficient (Wildman–Crippen LogP) is 1.90. The quantitative estimate of drug-likeness (QED) is 0.849. The third kappa shape index (κ3) is 3.27. The van der Waals surface area contributed by atoms with Crippen molar-refractivity contribution in [1.29, 1.82) is 0 Å². The van der Waals surface area contributed by atoms with Crippen molar-refractivity contribution < 1.29 is 22.7 Å². The number of fused-ring (bicyclic) bond motifs is 1. The van der Waals surface area contributed by atoms with Gasteiger partial charge in [0.1, 0.15) is 6.04 Å². The summed E-state index contributed by atoms with van der Waals surface area (Å²) in [5.74, 6) is 1.01. The highest BCUT2D eigenvalue weighted by atomic mass is 32.2. The van der Waals surface area contributed by atoms with Gasteiger partial charge >= 0.3 is 0 Å². The first-order chi connectivity index (χ1) is 12.4. The summed E-state index contributed by atoms with van der Waals surface area (Å²) in [5, 5.41) is 5.00. The Hall–Kier alpha value is -2.17. The molecule has 0 radical (unpaired) electrons. The number of benzene rings is 1. The number of thiazole rings is 1. The molecule has 1 saturated heterocycles. The number of sulfonamides is 1. The summed E-state index contributed by atoms with van der Waals surface area (Å²) in [5.41, 5.74) is 1.56.